The Bertz CT molecular complexity index is 588. The van der Waals surface area contributed by atoms with Gasteiger partial charge in [0.1, 0.15) is 0 Å². The molecule has 0 fully saturated rings. The average Bonchev–Trinajstić information content (AvgIpc) is 2.32. The zero-order valence-corrected chi connectivity index (χ0v) is 11.1. The summed E-state index contributed by atoms with van der Waals surface area (Å²) in [5.74, 6) is -3.60. The number of hydrogen-bond acceptors (Lipinski definition) is 3. The van der Waals surface area contributed by atoms with Crippen LogP contribution in [-0.2, 0) is 21.4 Å². The molecule has 0 aliphatic carbocycles. The SMILES string of the molecule is CC(C(=O)O)S(=O)(=O)N(C)Cc1ccc(F)c(F)c1. The number of sulfonamides is 1. The first-order valence-corrected chi connectivity index (χ1v) is 6.78. The van der Waals surface area contributed by atoms with Crippen molar-refractivity contribution in [3.05, 3.63) is 35.4 Å². The van der Waals surface area contributed by atoms with E-state index >= 15 is 0 Å². The van der Waals surface area contributed by atoms with Gasteiger partial charge in [-0.15, -0.1) is 0 Å². The molecule has 0 aromatic heterocycles. The lowest BCUT2D eigenvalue weighted by atomic mass is 10.2. The van der Waals surface area contributed by atoms with E-state index in [-0.39, 0.29) is 12.1 Å². The van der Waals surface area contributed by atoms with Crippen molar-refractivity contribution in [1.82, 2.24) is 4.31 Å². The molecule has 19 heavy (non-hydrogen) atoms. The molecule has 1 unspecified atom stereocenters. The second kappa shape index (κ2) is 5.62. The molecule has 5 nitrogen and oxygen atoms in total. The van der Waals surface area contributed by atoms with Gasteiger partial charge in [0, 0.05) is 13.6 Å². The smallest absolute Gasteiger partial charge is 0.323 e. The highest BCUT2D eigenvalue weighted by molar-refractivity contribution is 7.90. The zero-order valence-electron chi connectivity index (χ0n) is 10.3. The largest absolute Gasteiger partial charge is 0.480 e. The fourth-order valence-electron chi connectivity index (χ4n) is 1.38. The molecule has 106 valence electrons. The third-order valence-corrected chi connectivity index (χ3v) is 4.71. The number of halogens is 2. The van der Waals surface area contributed by atoms with Gasteiger partial charge in [-0.25, -0.2) is 17.2 Å². The van der Waals surface area contributed by atoms with E-state index in [9.17, 15) is 22.0 Å². The van der Waals surface area contributed by atoms with Crippen LogP contribution in [0.1, 0.15) is 12.5 Å². The van der Waals surface area contributed by atoms with Gasteiger partial charge < -0.3 is 5.11 Å². The van der Waals surface area contributed by atoms with E-state index in [1.54, 1.807) is 0 Å². The molecule has 0 bridgehead atoms. The number of rotatable bonds is 5. The number of nitrogens with zero attached hydrogens (tertiary/aromatic N) is 1. The van der Waals surface area contributed by atoms with Crippen LogP contribution in [-0.4, -0.2) is 36.1 Å². The summed E-state index contributed by atoms with van der Waals surface area (Å²) < 4.78 is 50.1. The third kappa shape index (κ3) is 3.48. The summed E-state index contributed by atoms with van der Waals surface area (Å²) in [6.07, 6.45) is 0. The fourth-order valence-corrected chi connectivity index (χ4v) is 2.51. The second-order valence-electron chi connectivity index (χ2n) is 4.03. The van der Waals surface area contributed by atoms with Crippen molar-refractivity contribution in [2.24, 2.45) is 0 Å². The lowest BCUT2D eigenvalue weighted by Gasteiger charge is -2.19. The predicted octanol–water partition coefficient (Wildman–Crippen LogP) is 1.20. The summed E-state index contributed by atoms with van der Waals surface area (Å²) in [6, 6.07) is 2.98. The molecule has 1 N–H and O–H groups in total. The molecule has 1 rings (SSSR count). The molecule has 0 heterocycles. The van der Waals surface area contributed by atoms with Crippen molar-refractivity contribution in [2.45, 2.75) is 18.7 Å². The van der Waals surface area contributed by atoms with Crippen LogP contribution in [0.25, 0.3) is 0 Å². The van der Waals surface area contributed by atoms with Crippen LogP contribution in [0.5, 0.6) is 0 Å². The number of carboxylic acid groups (broad SMARTS) is 1. The molecule has 0 saturated heterocycles. The van der Waals surface area contributed by atoms with Crippen LogP contribution in [0.2, 0.25) is 0 Å². The normalized spacial score (nSPS) is 13.5. The van der Waals surface area contributed by atoms with Crippen LogP contribution < -0.4 is 0 Å². The van der Waals surface area contributed by atoms with Crippen molar-refractivity contribution in [3.63, 3.8) is 0 Å². The van der Waals surface area contributed by atoms with Gasteiger partial charge in [-0.3, -0.25) is 4.79 Å². The van der Waals surface area contributed by atoms with E-state index in [1.165, 1.54) is 13.1 Å². The Kier molecular flexibility index (Phi) is 4.59. The topological polar surface area (TPSA) is 74.7 Å². The van der Waals surface area contributed by atoms with E-state index in [0.29, 0.717) is 0 Å². The van der Waals surface area contributed by atoms with E-state index in [2.05, 4.69) is 0 Å². The van der Waals surface area contributed by atoms with Gasteiger partial charge in [0.25, 0.3) is 0 Å². The van der Waals surface area contributed by atoms with Gasteiger partial charge >= 0.3 is 5.97 Å². The number of carbonyl (C=O) groups is 1. The second-order valence-corrected chi connectivity index (χ2v) is 6.39. The number of hydrogen-bond donors (Lipinski definition) is 1. The summed E-state index contributed by atoms with van der Waals surface area (Å²) in [7, 11) is -2.87. The van der Waals surface area contributed by atoms with Crippen molar-refractivity contribution in [2.75, 3.05) is 7.05 Å². The minimum absolute atomic E-state index is 0.225. The van der Waals surface area contributed by atoms with Crippen LogP contribution in [0.15, 0.2) is 18.2 Å². The monoisotopic (exact) mass is 293 g/mol. The first-order valence-electron chi connectivity index (χ1n) is 5.28. The highest BCUT2D eigenvalue weighted by Gasteiger charge is 2.31. The molecular formula is C11H13F2NO4S. The van der Waals surface area contributed by atoms with Gasteiger partial charge in [0.05, 0.1) is 0 Å². The van der Waals surface area contributed by atoms with Crippen molar-refractivity contribution in [1.29, 1.82) is 0 Å². The summed E-state index contributed by atoms with van der Waals surface area (Å²) in [6.45, 7) is 0.802. The highest BCUT2D eigenvalue weighted by Crippen LogP contribution is 2.14. The Morgan fingerprint density at radius 1 is 1.37 bits per heavy atom. The summed E-state index contributed by atoms with van der Waals surface area (Å²) in [4.78, 5) is 10.7. The van der Waals surface area contributed by atoms with Crippen molar-refractivity contribution >= 4 is 16.0 Å². The maximum absolute atomic E-state index is 13.0. The molecule has 0 spiro atoms. The number of benzene rings is 1. The molecule has 1 aromatic carbocycles. The molecule has 0 aliphatic heterocycles. The molecule has 0 radical (unpaired) electrons. The van der Waals surface area contributed by atoms with E-state index in [0.717, 1.165) is 23.4 Å². The highest BCUT2D eigenvalue weighted by atomic mass is 32.2. The molecule has 0 saturated carbocycles. The van der Waals surface area contributed by atoms with E-state index in [1.807, 2.05) is 0 Å². The predicted molar refractivity (Wildman–Crippen MR) is 63.8 cm³/mol. The number of aliphatic carboxylic acids is 1. The first kappa shape index (κ1) is 15.5. The maximum atomic E-state index is 13.0. The molecule has 0 amide bonds. The Labute approximate surface area is 109 Å². The van der Waals surface area contributed by atoms with Gasteiger partial charge in [0.15, 0.2) is 16.9 Å². The third-order valence-electron chi connectivity index (χ3n) is 2.62. The Morgan fingerprint density at radius 2 is 1.95 bits per heavy atom. The van der Waals surface area contributed by atoms with Crippen LogP contribution >= 0.6 is 0 Å². The fraction of sp³-hybridized carbons (Fsp3) is 0.364. The summed E-state index contributed by atoms with van der Waals surface area (Å²) in [5.41, 5.74) is 0.225. The average molecular weight is 293 g/mol. The molecule has 0 aliphatic rings. The van der Waals surface area contributed by atoms with Crippen molar-refractivity contribution in [3.8, 4) is 0 Å². The molecule has 1 aromatic rings. The Hall–Kier alpha value is -1.54. The summed E-state index contributed by atoms with van der Waals surface area (Å²) in [5, 5.41) is 7.09. The van der Waals surface area contributed by atoms with Crippen molar-refractivity contribution < 1.29 is 27.1 Å². The van der Waals surface area contributed by atoms with E-state index < -0.39 is 32.9 Å². The lowest BCUT2D eigenvalue weighted by Crippen LogP contribution is -2.38. The lowest BCUT2D eigenvalue weighted by molar-refractivity contribution is -0.136. The molecular weight excluding hydrogens is 280 g/mol. The number of carboxylic acids is 1. The van der Waals surface area contributed by atoms with Crippen LogP contribution in [0.4, 0.5) is 8.78 Å². The molecule has 1 atom stereocenters. The summed E-state index contributed by atoms with van der Waals surface area (Å²) >= 11 is 0. The molecule has 8 heteroatoms. The van der Waals surface area contributed by atoms with Gasteiger partial charge in [-0.2, -0.15) is 4.31 Å². The Morgan fingerprint density at radius 3 is 2.42 bits per heavy atom. The zero-order chi connectivity index (χ0) is 14.8. The maximum Gasteiger partial charge on any atom is 0.323 e. The van der Waals surface area contributed by atoms with E-state index in [4.69, 9.17) is 5.11 Å². The minimum atomic E-state index is -4.04. The van der Waals surface area contributed by atoms with Gasteiger partial charge in [0.2, 0.25) is 10.0 Å². The standard InChI is InChI=1S/C11H13F2NO4S/c1-7(11(15)16)19(17,18)14(2)6-8-3-4-9(12)10(13)5-8/h3-5,7H,6H2,1-2H3,(H,15,16). The minimum Gasteiger partial charge on any atom is -0.480 e. The first-order chi connectivity index (χ1) is 8.66. The van der Waals surface area contributed by atoms with Gasteiger partial charge in [-0.05, 0) is 24.6 Å². The quantitative estimate of drug-likeness (QED) is 0.885. The van der Waals surface area contributed by atoms with Crippen LogP contribution in [0, 0.1) is 11.6 Å². The van der Waals surface area contributed by atoms with Crippen LogP contribution in [0.3, 0.4) is 0 Å². The Balaban J connectivity index is 2.93. The van der Waals surface area contributed by atoms with Gasteiger partial charge in [-0.1, -0.05) is 6.07 Å².